The van der Waals surface area contributed by atoms with E-state index in [4.69, 9.17) is 0 Å². The molecule has 1 fully saturated rings. The first-order valence-electron chi connectivity index (χ1n) is 10.8. The average Bonchev–Trinajstić information content (AvgIpc) is 3.24. The summed E-state index contributed by atoms with van der Waals surface area (Å²) >= 11 is 3.35. The van der Waals surface area contributed by atoms with Crippen molar-refractivity contribution in [2.24, 2.45) is 0 Å². The predicted octanol–water partition coefficient (Wildman–Crippen LogP) is 5.98. The van der Waals surface area contributed by atoms with Crippen molar-refractivity contribution in [3.63, 3.8) is 0 Å². The molecule has 0 spiro atoms. The zero-order chi connectivity index (χ0) is 24.5. The fraction of sp³-hybridized carbons (Fsp3) is 0.304. The van der Waals surface area contributed by atoms with Gasteiger partial charge in [-0.2, -0.15) is 13.2 Å². The Bertz CT molecular complexity index is 1210. The fourth-order valence-corrected chi connectivity index (χ4v) is 4.36. The van der Waals surface area contributed by atoms with Gasteiger partial charge in [0.05, 0.1) is 17.4 Å². The molecule has 3 aromatic rings. The zero-order valence-electron chi connectivity index (χ0n) is 18.5. The Kier molecular flexibility index (Phi) is 6.74. The molecule has 1 saturated heterocycles. The van der Waals surface area contributed by atoms with E-state index in [1.54, 1.807) is 35.4 Å². The maximum Gasteiger partial charge on any atom is 0.433 e. The number of urea groups is 1. The van der Waals surface area contributed by atoms with Gasteiger partial charge >= 0.3 is 12.2 Å². The van der Waals surface area contributed by atoms with Crippen molar-refractivity contribution in [2.75, 3.05) is 28.2 Å². The second-order valence-corrected chi connectivity index (χ2v) is 8.43. The van der Waals surface area contributed by atoms with Crippen LogP contribution in [0.15, 0.2) is 53.3 Å². The molecule has 3 aromatic heterocycles. The fourth-order valence-electron chi connectivity index (χ4n) is 4.02. The standard InChI is InChI=1S/C21H16BrF3N6O.C2H6/c22-13-4-7-27-18(10-13)29-20(32)31-14-5-8-30(11-14)16-2-1-15(28-19(16)31)12-3-6-26-17(9-12)21(23,24)25;1-2/h1-4,6-7,9-10,14H,5,8,11H2,(H,27,29,32);1-2H3. The van der Waals surface area contributed by atoms with Crippen LogP contribution in [0.5, 0.6) is 0 Å². The number of alkyl halides is 3. The number of carbonyl (C=O) groups is 1. The van der Waals surface area contributed by atoms with Crippen LogP contribution in [0.25, 0.3) is 11.3 Å². The van der Waals surface area contributed by atoms with Gasteiger partial charge in [-0.3, -0.25) is 15.2 Å². The van der Waals surface area contributed by atoms with Gasteiger partial charge < -0.3 is 4.90 Å². The van der Waals surface area contributed by atoms with Gasteiger partial charge in [-0.1, -0.05) is 29.8 Å². The van der Waals surface area contributed by atoms with E-state index >= 15 is 0 Å². The van der Waals surface area contributed by atoms with E-state index in [0.717, 1.165) is 35.4 Å². The SMILES string of the molecule is CC.O=C(Nc1cc(Br)ccn1)N1c2nc(-c3ccnc(C(F)(F)F)c3)ccc2N2CCC1C2. The first-order valence-corrected chi connectivity index (χ1v) is 11.6. The van der Waals surface area contributed by atoms with Crippen molar-refractivity contribution < 1.29 is 18.0 Å². The van der Waals surface area contributed by atoms with E-state index in [1.165, 1.54) is 6.07 Å². The summed E-state index contributed by atoms with van der Waals surface area (Å²) in [6.07, 6.45) is -1.12. The molecule has 11 heteroatoms. The van der Waals surface area contributed by atoms with Crippen LogP contribution in [0.4, 0.5) is 35.3 Å². The highest BCUT2D eigenvalue weighted by Gasteiger charge is 2.40. The Labute approximate surface area is 203 Å². The molecule has 0 aromatic carbocycles. The van der Waals surface area contributed by atoms with Crippen LogP contribution in [0.1, 0.15) is 26.0 Å². The van der Waals surface area contributed by atoms with Crippen molar-refractivity contribution in [1.82, 2.24) is 15.0 Å². The number of hydrogen-bond donors (Lipinski definition) is 1. The molecule has 0 saturated carbocycles. The van der Waals surface area contributed by atoms with Gasteiger partial charge in [0.2, 0.25) is 0 Å². The van der Waals surface area contributed by atoms with Crippen LogP contribution in [-0.2, 0) is 6.18 Å². The number of aromatic nitrogens is 3. The molecule has 0 aliphatic carbocycles. The molecule has 34 heavy (non-hydrogen) atoms. The second-order valence-electron chi connectivity index (χ2n) is 7.51. The Morgan fingerprint density at radius 2 is 1.88 bits per heavy atom. The number of hydrogen-bond acceptors (Lipinski definition) is 5. The van der Waals surface area contributed by atoms with Gasteiger partial charge in [0, 0.05) is 35.5 Å². The highest BCUT2D eigenvalue weighted by Crippen LogP contribution is 2.40. The molecule has 178 valence electrons. The van der Waals surface area contributed by atoms with Crippen molar-refractivity contribution in [1.29, 1.82) is 0 Å². The maximum atomic E-state index is 13.2. The zero-order valence-corrected chi connectivity index (χ0v) is 20.1. The maximum absolute atomic E-state index is 13.2. The van der Waals surface area contributed by atoms with Crippen LogP contribution >= 0.6 is 15.9 Å². The van der Waals surface area contributed by atoms with Crippen molar-refractivity contribution in [3.05, 3.63) is 59.0 Å². The number of carbonyl (C=O) groups excluding carboxylic acids is 1. The van der Waals surface area contributed by atoms with Crippen molar-refractivity contribution in [2.45, 2.75) is 32.5 Å². The second kappa shape index (κ2) is 9.57. The van der Waals surface area contributed by atoms with Gasteiger partial charge in [0.15, 0.2) is 5.82 Å². The van der Waals surface area contributed by atoms with Gasteiger partial charge in [0.25, 0.3) is 0 Å². The van der Waals surface area contributed by atoms with Crippen LogP contribution in [0.2, 0.25) is 0 Å². The van der Waals surface area contributed by atoms with Gasteiger partial charge in [-0.25, -0.2) is 14.8 Å². The highest BCUT2D eigenvalue weighted by atomic mass is 79.9. The van der Waals surface area contributed by atoms with Crippen LogP contribution in [-0.4, -0.2) is 40.1 Å². The van der Waals surface area contributed by atoms with E-state index in [9.17, 15) is 18.0 Å². The number of rotatable bonds is 2. The molecule has 5 rings (SSSR count). The van der Waals surface area contributed by atoms with E-state index in [2.05, 4.69) is 41.1 Å². The Balaban J connectivity index is 0.00000133. The molecule has 5 heterocycles. The number of nitrogens with zero attached hydrogens (tertiary/aromatic N) is 5. The highest BCUT2D eigenvalue weighted by molar-refractivity contribution is 9.10. The summed E-state index contributed by atoms with van der Waals surface area (Å²) in [5.74, 6) is 0.792. The van der Waals surface area contributed by atoms with Crippen LogP contribution in [0.3, 0.4) is 0 Å². The van der Waals surface area contributed by atoms with Crippen LogP contribution < -0.4 is 15.1 Å². The number of amides is 2. The number of fused-ring (bicyclic) bond motifs is 4. The largest absolute Gasteiger partial charge is 0.433 e. The third kappa shape index (κ3) is 4.70. The lowest BCUT2D eigenvalue weighted by Crippen LogP contribution is -2.48. The summed E-state index contributed by atoms with van der Waals surface area (Å²) < 4.78 is 40.1. The Morgan fingerprint density at radius 3 is 2.62 bits per heavy atom. The Hall–Kier alpha value is -3.21. The van der Waals surface area contributed by atoms with E-state index in [-0.39, 0.29) is 11.6 Å². The average molecular weight is 535 g/mol. The minimum atomic E-state index is -4.56. The van der Waals surface area contributed by atoms with Gasteiger partial charge in [-0.15, -0.1) is 0 Å². The molecule has 1 unspecified atom stereocenters. The number of anilines is 3. The lowest BCUT2D eigenvalue weighted by atomic mass is 10.1. The number of pyridine rings is 3. The molecule has 1 N–H and O–H groups in total. The Morgan fingerprint density at radius 1 is 1.12 bits per heavy atom. The smallest absolute Gasteiger partial charge is 0.366 e. The molecule has 1 atom stereocenters. The molecule has 0 radical (unpaired) electrons. The first-order chi connectivity index (χ1) is 16.3. The van der Waals surface area contributed by atoms with Gasteiger partial charge in [0.1, 0.15) is 11.5 Å². The summed E-state index contributed by atoms with van der Waals surface area (Å²) in [5.41, 5.74) is 0.383. The first kappa shape index (κ1) is 23.9. The molecule has 2 amide bonds. The monoisotopic (exact) mass is 534 g/mol. The lowest BCUT2D eigenvalue weighted by Gasteiger charge is -2.35. The molecule has 7 nitrogen and oxygen atoms in total. The van der Waals surface area contributed by atoms with Crippen LogP contribution in [0, 0.1) is 0 Å². The predicted molar refractivity (Wildman–Crippen MR) is 128 cm³/mol. The summed E-state index contributed by atoms with van der Waals surface area (Å²) in [6, 6.07) is 8.84. The summed E-state index contributed by atoms with van der Waals surface area (Å²) in [6.45, 7) is 5.44. The minimum Gasteiger partial charge on any atom is -0.366 e. The molecule has 2 aliphatic rings. The quantitative estimate of drug-likeness (QED) is 0.438. The summed E-state index contributed by atoms with van der Waals surface area (Å²) in [4.78, 5) is 29.1. The third-order valence-electron chi connectivity index (χ3n) is 5.47. The number of halogens is 4. The van der Waals surface area contributed by atoms with E-state index in [1.807, 2.05) is 13.8 Å². The summed E-state index contributed by atoms with van der Waals surface area (Å²) in [5, 5.41) is 2.79. The van der Waals surface area contributed by atoms with Gasteiger partial charge in [-0.05, 0) is 42.8 Å². The molecular weight excluding hydrogens is 513 g/mol. The molecular formula is C23H22BrF3N6O. The van der Waals surface area contributed by atoms with E-state index < -0.39 is 17.9 Å². The topological polar surface area (TPSA) is 74.2 Å². The minimum absolute atomic E-state index is 0.0967. The number of nitrogens with one attached hydrogen (secondary N) is 1. The lowest BCUT2D eigenvalue weighted by molar-refractivity contribution is -0.141. The van der Waals surface area contributed by atoms with E-state index in [0.29, 0.717) is 23.9 Å². The van der Waals surface area contributed by atoms with Crippen molar-refractivity contribution >= 4 is 39.3 Å². The summed E-state index contributed by atoms with van der Waals surface area (Å²) in [7, 11) is 0. The van der Waals surface area contributed by atoms with Crippen molar-refractivity contribution in [3.8, 4) is 11.3 Å². The third-order valence-corrected chi connectivity index (χ3v) is 5.97. The molecule has 2 aliphatic heterocycles. The molecule has 2 bridgehead atoms. The normalized spacial score (nSPS) is 16.5.